The standard InChI is InChI=1S/C8H17N.Zn/c1-6-9(7-2)8(3,4)5;/h1-2,6-7H2,3-5H3;/q-2;+2. The van der Waals surface area contributed by atoms with E-state index in [0.29, 0.717) is 0 Å². The third-order valence-corrected chi connectivity index (χ3v) is 1.49. The summed E-state index contributed by atoms with van der Waals surface area (Å²) in [5.74, 6) is 0. The average molecular weight is 193 g/mol. The molecule has 0 aromatic heterocycles. The van der Waals surface area contributed by atoms with E-state index in [4.69, 9.17) is 0 Å². The Morgan fingerprint density at radius 3 is 1.40 bits per heavy atom. The van der Waals surface area contributed by atoms with Crippen molar-refractivity contribution in [2.45, 2.75) is 26.3 Å². The molecule has 0 heterocycles. The van der Waals surface area contributed by atoms with Crippen molar-refractivity contribution in [3.05, 3.63) is 13.8 Å². The van der Waals surface area contributed by atoms with Gasteiger partial charge in [0.25, 0.3) is 0 Å². The van der Waals surface area contributed by atoms with Crippen LogP contribution in [0, 0.1) is 13.8 Å². The molecule has 0 N–H and O–H groups in total. The van der Waals surface area contributed by atoms with E-state index in [-0.39, 0.29) is 25.0 Å². The molecule has 0 bridgehead atoms. The molecule has 0 rings (SSSR count). The SMILES string of the molecule is [CH2-]CN(C[CH2-])C(C)(C)C.[Zn+2]. The van der Waals surface area contributed by atoms with Crippen LogP contribution in [0.2, 0.25) is 0 Å². The van der Waals surface area contributed by atoms with Gasteiger partial charge in [-0.1, -0.05) is 0 Å². The molecule has 0 saturated heterocycles. The number of nitrogens with zero attached hydrogens (tertiary/aromatic N) is 1. The first kappa shape index (κ1) is 13.2. The zero-order valence-electron chi connectivity index (χ0n) is 7.48. The third kappa shape index (κ3) is 4.41. The first-order valence-corrected chi connectivity index (χ1v) is 3.36. The predicted octanol–water partition coefficient (Wildman–Crippen LogP) is 1.75. The molecule has 0 radical (unpaired) electrons. The maximum absolute atomic E-state index is 3.81. The fourth-order valence-electron chi connectivity index (χ4n) is 0.783. The van der Waals surface area contributed by atoms with Crippen molar-refractivity contribution < 1.29 is 19.5 Å². The van der Waals surface area contributed by atoms with Gasteiger partial charge in [0.05, 0.1) is 0 Å². The molecule has 0 aliphatic heterocycles. The molecular formula is C8H17NZn. The van der Waals surface area contributed by atoms with Gasteiger partial charge in [0.1, 0.15) is 0 Å². The van der Waals surface area contributed by atoms with Crippen LogP contribution in [0.1, 0.15) is 20.8 Å². The van der Waals surface area contributed by atoms with Gasteiger partial charge >= 0.3 is 19.5 Å². The monoisotopic (exact) mass is 191 g/mol. The minimum absolute atomic E-state index is 0. The summed E-state index contributed by atoms with van der Waals surface area (Å²) in [4.78, 5) is 2.22. The predicted molar refractivity (Wildman–Crippen MR) is 42.0 cm³/mol. The van der Waals surface area contributed by atoms with Gasteiger partial charge < -0.3 is 18.7 Å². The largest absolute Gasteiger partial charge is 2.00 e. The summed E-state index contributed by atoms with van der Waals surface area (Å²) in [7, 11) is 0. The molecule has 56 valence electrons. The molecule has 0 aromatic carbocycles. The van der Waals surface area contributed by atoms with Crippen LogP contribution in [-0.4, -0.2) is 23.5 Å². The van der Waals surface area contributed by atoms with Crippen LogP contribution < -0.4 is 0 Å². The quantitative estimate of drug-likeness (QED) is 0.476. The molecule has 1 nitrogen and oxygen atoms in total. The van der Waals surface area contributed by atoms with Crippen LogP contribution in [0.4, 0.5) is 0 Å². The fraction of sp³-hybridized carbons (Fsp3) is 0.750. The fourth-order valence-corrected chi connectivity index (χ4v) is 0.783. The Labute approximate surface area is 77.9 Å². The first-order valence-electron chi connectivity index (χ1n) is 3.36. The minimum atomic E-state index is 0. The number of hydrogen-bond donors (Lipinski definition) is 0. The van der Waals surface area contributed by atoms with Crippen LogP contribution in [0.25, 0.3) is 0 Å². The van der Waals surface area contributed by atoms with Crippen LogP contribution in [-0.2, 0) is 19.5 Å². The van der Waals surface area contributed by atoms with Crippen LogP contribution in [0.5, 0.6) is 0 Å². The van der Waals surface area contributed by atoms with Crippen molar-refractivity contribution in [3.63, 3.8) is 0 Å². The van der Waals surface area contributed by atoms with Gasteiger partial charge in [0.15, 0.2) is 0 Å². The van der Waals surface area contributed by atoms with Gasteiger partial charge in [0, 0.05) is 5.54 Å². The molecule has 0 saturated carbocycles. The van der Waals surface area contributed by atoms with E-state index in [2.05, 4.69) is 39.5 Å². The number of rotatable bonds is 2. The van der Waals surface area contributed by atoms with Crippen molar-refractivity contribution in [1.82, 2.24) is 4.90 Å². The molecule has 0 atom stereocenters. The molecule has 0 spiro atoms. The zero-order valence-corrected chi connectivity index (χ0v) is 10.4. The Morgan fingerprint density at radius 1 is 1.10 bits per heavy atom. The summed E-state index contributed by atoms with van der Waals surface area (Å²) in [6, 6.07) is 0. The van der Waals surface area contributed by atoms with Crippen LogP contribution >= 0.6 is 0 Å². The number of hydrogen-bond acceptors (Lipinski definition) is 1. The summed E-state index contributed by atoms with van der Waals surface area (Å²) < 4.78 is 0. The van der Waals surface area contributed by atoms with E-state index in [9.17, 15) is 0 Å². The first-order chi connectivity index (χ1) is 4.02. The Hall–Kier alpha value is 0.583. The summed E-state index contributed by atoms with van der Waals surface area (Å²) in [6.07, 6.45) is 0. The molecular weight excluding hydrogens is 175 g/mol. The smallest absolute Gasteiger partial charge is 0.358 e. The van der Waals surface area contributed by atoms with E-state index >= 15 is 0 Å². The van der Waals surface area contributed by atoms with Crippen molar-refractivity contribution >= 4 is 0 Å². The second kappa shape index (κ2) is 5.26. The molecule has 0 unspecified atom stereocenters. The summed E-state index contributed by atoms with van der Waals surface area (Å²) in [5.41, 5.74) is 0.226. The van der Waals surface area contributed by atoms with Gasteiger partial charge in [-0.05, 0) is 20.8 Å². The summed E-state index contributed by atoms with van der Waals surface area (Å²) >= 11 is 0. The molecule has 0 amide bonds. The van der Waals surface area contributed by atoms with Crippen LogP contribution in [0.3, 0.4) is 0 Å². The maximum atomic E-state index is 3.81. The molecule has 0 aliphatic rings. The molecule has 0 aromatic rings. The Kier molecular flexibility index (Phi) is 6.94. The van der Waals surface area contributed by atoms with Crippen molar-refractivity contribution in [2.24, 2.45) is 0 Å². The van der Waals surface area contributed by atoms with Gasteiger partial charge in [-0.15, -0.1) is 13.1 Å². The normalized spacial score (nSPS) is 11.4. The van der Waals surface area contributed by atoms with Gasteiger partial charge in [0.2, 0.25) is 0 Å². The Balaban J connectivity index is 0. The Morgan fingerprint density at radius 2 is 1.40 bits per heavy atom. The summed E-state index contributed by atoms with van der Waals surface area (Å²) in [6.45, 7) is 15.8. The van der Waals surface area contributed by atoms with Crippen LogP contribution in [0.15, 0.2) is 0 Å². The van der Waals surface area contributed by atoms with E-state index in [1.54, 1.807) is 0 Å². The van der Waals surface area contributed by atoms with E-state index < -0.39 is 0 Å². The van der Waals surface area contributed by atoms with Crippen molar-refractivity contribution in [2.75, 3.05) is 13.1 Å². The molecule has 0 aliphatic carbocycles. The van der Waals surface area contributed by atoms with Crippen molar-refractivity contribution in [3.8, 4) is 0 Å². The summed E-state index contributed by atoms with van der Waals surface area (Å²) in [5, 5.41) is 0. The maximum Gasteiger partial charge on any atom is 2.00 e. The zero-order chi connectivity index (χ0) is 7.49. The topological polar surface area (TPSA) is 3.24 Å². The molecule has 0 fully saturated rings. The second-order valence-corrected chi connectivity index (χ2v) is 3.16. The minimum Gasteiger partial charge on any atom is -0.358 e. The third-order valence-electron chi connectivity index (χ3n) is 1.49. The van der Waals surface area contributed by atoms with E-state index in [1.165, 1.54) is 0 Å². The van der Waals surface area contributed by atoms with Gasteiger partial charge in [-0.2, -0.15) is 0 Å². The molecule has 2 heteroatoms. The second-order valence-electron chi connectivity index (χ2n) is 3.16. The van der Waals surface area contributed by atoms with E-state index in [0.717, 1.165) is 13.1 Å². The van der Waals surface area contributed by atoms with E-state index in [1.807, 2.05) is 0 Å². The van der Waals surface area contributed by atoms with Gasteiger partial charge in [-0.25, -0.2) is 0 Å². The Bertz CT molecular complexity index is 71.8. The van der Waals surface area contributed by atoms with Gasteiger partial charge in [-0.3, -0.25) is 0 Å². The average Bonchev–Trinajstić information content (AvgIpc) is 1.65. The van der Waals surface area contributed by atoms with Crippen molar-refractivity contribution in [1.29, 1.82) is 0 Å². The molecule has 10 heavy (non-hydrogen) atoms.